The van der Waals surface area contributed by atoms with Crippen molar-refractivity contribution in [3.05, 3.63) is 75.3 Å². The number of carbonyl (C=O) groups excluding carboxylic acids is 1. The lowest BCUT2D eigenvalue weighted by Gasteiger charge is -2.12. The summed E-state index contributed by atoms with van der Waals surface area (Å²) in [6.45, 7) is 2.50. The zero-order valence-electron chi connectivity index (χ0n) is 12.1. The van der Waals surface area contributed by atoms with Crippen LogP contribution in [0.3, 0.4) is 0 Å². The quantitative estimate of drug-likeness (QED) is 0.654. The molecule has 6 nitrogen and oxygen atoms in total. The maximum atomic E-state index is 11.8. The Morgan fingerprint density at radius 2 is 1.91 bits per heavy atom. The molecule has 0 saturated heterocycles. The van der Waals surface area contributed by atoms with Crippen molar-refractivity contribution in [2.45, 2.75) is 19.9 Å². The average molecular weight is 300 g/mol. The molecule has 0 spiro atoms. The molecule has 0 radical (unpaired) electrons. The van der Waals surface area contributed by atoms with Gasteiger partial charge in [0.25, 0.3) is 0 Å². The minimum atomic E-state index is -1.10. The Morgan fingerprint density at radius 1 is 1.18 bits per heavy atom. The van der Waals surface area contributed by atoms with E-state index in [-0.39, 0.29) is 5.56 Å². The van der Waals surface area contributed by atoms with Gasteiger partial charge < -0.3 is 5.32 Å². The highest BCUT2D eigenvalue weighted by molar-refractivity contribution is 5.95. The van der Waals surface area contributed by atoms with Crippen molar-refractivity contribution in [1.82, 2.24) is 0 Å². The van der Waals surface area contributed by atoms with Gasteiger partial charge in [-0.25, -0.2) is 4.84 Å². The van der Waals surface area contributed by atoms with Crippen LogP contribution < -0.4 is 5.32 Å². The highest BCUT2D eigenvalue weighted by Gasteiger charge is 2.15. The monoisotopic (exact) mass is 300 g/mol. The molecule has 0 aliphatic heterocycles. The zero-order valence-corrected chi connectivity index (χ0v) is 12.1. The third kappa shape index (κ3) is 4.05. The van der Waals surface area contributed by atoms with Crippen LogP contribution in [-0.2, 0) is 17.8 Å². The number of hydrogen-bond acceptors (Lipinski definition) is 5. The first kappa shape index (κ1) is 15.5. The molecule has 6 heteroatoms. The molecule has 0 atom stereocenters. The van der Waals surface area contributed by atoms with Crippen LogP contribution in [-0.4, -0.2) is 11.1 Å². The Bertz CT molecular complexity index is 671. The van der Waals surface area contributed by atoms with Gasteiger partial charge in [-0.3, -0.25) is 4.79 Å². The lowest BCUT2D eigenvalue weighted by atomic mass is 10.1. The summed E-state index contributed by atoms with van der Waals surface area (Å²) in [5, 5.41) is 12.4. The molecular weight excluding hydrogens is 284 g/mol. The topological polar surface area (TPSA) is 81.5 Å². The fourth-order valence-electron chi connectivity index (χ4n) is 2.05. The first-order valence-electron chi connectivity index (χ1n) is 6.87. The molecule has 0 bridgehead atoms. The summed E-state index contributed by atoms with van der Waals surface area (Å²) in [7, 11) is 0. The van der Waals surface area contributed by atoms with E-state index in [0.717, 1.165) is 17.5 Å². The standard InChI is InChI=1S/C16H16N2O4/c1-2-12-8-9-14(16(19)22-18(20)21)15(10-12)17-11-13-6-4-3-5-7-13/h3-10,17H,2,11H2,1H3. The lowest BCUT2D eigenvalue weighted by Crippen LogP contribution is -2.13. The zero-order chi connectivity index (χ0) is 15.9. The molecule has 2 rings (SSSR count). The van der Waals surface area contributed by atoms with Gasteiger partial charge in [-0.2, -0.15) is 0 Å². The van der Waals surface area contributed by atoms with Crippen molar-refractivity contribution in [2.24, 2.45) is 0 Å². The number of rotatable bonds is 6. The highest BCUT2D eigenvalue weighted by Crippen LogP contribution is 2.20. The third-order valence-corrected chi connectivity index (χ3v) is 3.20. The number of anilines is 1. The van der Waals surface area contributed by atoms with E-state index in [1.54, 1.807) is 12.1 Å². The normalized spacial score (nSPS) is 10.0. The van der Waals surface area contributed by atoms with E-state index in [1.807, 2.05) is 37.3 Å². The number of benzene rings is 2. The van der Waals surface area contributed by atoms with E-state index >= 15 is 0 Å². The van der Waals surface area contributed by atoms with Crippen molar-refractivity contribution < 1.29 is 14.7 Å². The van der Waals surface area contributed by atoms with Gasteiger partial charge in [0, 0.05) is 12.2 Å². The summed E-state index contributed by atoms with van der Waals surface area (Å²) in [6, 6.07) is 14.8. The second-order valence-corrected chi connectivity index (χ2v) is 4.67. The molecule has 114 valence electrons. The fraction of sp³-hybridized carbons (Fsp3) is 0.188. The van der Waals surface area contributed by atoms with E-state index in [2.05, 4.69) is 10.2 Å². The summed E-state index contributed by atoms with van der Waals surface area (Å²) in [5.41, 5.74) is 2.73. The van der Waals surface area contributed by atoms with E-state index in [1.165, 1.54) is 6.07 Å². The molecule has 0 aromatic heterocycles. The van der Waals surface area contributed by atoms with Crippen LogP contribution in [0.1, 0.15) is 28.4 Å². The first-order valence-corrected chi connectivity index (χ1v) is 6.87. The van der Waals surface area contributed by atoms with E-state index in [0.29, 0.717) is 12.2 Å². The van der Waals surface area contributed by atoms with Crippen LogP contribution in [0, 0.1) is 10.1 Å². The second kappa shape index (κ2) is 7.21. The average Bonchev–Trinajstić information content (AvgIpc) is 2.53. The smallest absolute Gasteiger partial charge is 0.336 e. The second-order valence-electron chi connectivity index (χ2n) is 4.67. The SMILES string of the molecule is CCc1ccc(C(=O)O[N+](=O)[O-])c(NCc2ccccc2)c1. The van der Waals surface area contributed by atoms with E-state index in [9.17, 15) is 14.9 Å². The molecule has 0 heterocycles. The van der Waals surface area contributed by atoms with Gasteiger partial charge in [-0.05, 0) is 29.7 Å². The number of nitrogens with zero attached hydrogens (tertiary/aromatic N) is 1. The number of carbonyl (C=O) groups is 1. The Morgan fingerprint density at radius 3 is 2.55 bits per heavy atom. The Labute approximate surface area is 127 Å². The summed E-state index contributed by atoms with van der Waals surface area (Å²) in [5.74, 6) is -0.983. The predicted molar refractivity (Wildman–Crippen MR) is 82.0 cm³/mol. The molecule has 0 fully saturated rings. The van der Waals surface area contributed by atoms with Crippen molar-refractivity contribution in [3.8, 4) is 0 Å². The maximum Gasteiger partial charge on any atom is 0.336 e. The Hall–Kier alpha value is -2.89. The molecule has 0 amide bonds. The number of hydrogen-bond donors (Lipinski definition) is 1. The van der Waals surface area contributed by atoms with Gasteiger partial charge in [0.05, 0.1) is 5.56 Å². The Balaban J connectivity index is 2.22. The van der Waals surface area contributed by atoms with Crippen molar-refractivity contribution in [2.75, 3.05) is 5.32 Å². The van der Waals surface area contributed by atoms with Crippen molar-refractivity contribution in [1.29, 1.82) is 0 Å². The fourth-order valence-corrected chi connectivity index (χ4v) is 2.05. The first-order chi connectivity index (χ1) is 10.6. The molecule has 2 aromatic rings. The summed E-state index contributed by atoms with van der Waals surface area (Å²) >= 11 is 0. The summed E-state index contributed by atoms with van der Waals surface area (Å²) in [6.07, 6.45) is 0.796. The van der Waals surface area contributed by atoms with E-state index in [4.69, 9.17) is 0 Å². The lowest BCUT2D eigenvalue weighted by molar-refractivity contribution is -0.727. The molecule has 22 heavy (non-hydrogen) atoms. The summed E-state index contributed by atoms with van der Waals surface area (Å²) in [4.78, 5) is 26.2. The van der Waals surface area contributed by atoms with Crippen molar-refractivity contribution in [3.63, 3.8) is 0 Å². The van der Waals surface area contributed by atoms with Gasteiger partial charge in [-0.15, -0.1) is 10.1 Å². The molecule has 0 aliphatic rings. The predicted octanol–water partition coefficient (Wildman–Crippen LogP) is 3.21. The van der Waals surface area contributed by atoms with Crippen LogP contribution in [0.4, 0.5) is 5.69 Å². The largest absolute Gasteiger partial charge is 0.380 e. The third-order valence-electron chi connectivity index (χ3n) is 3.20. The molecule has 0 aliphatic carbocycles. The number of aryl methyl sites for hydroxylation is 1. The van der Waals surface area contributed by atoms with Gasteiger partial charge in [0.1, 0.15) is 0 Å². The Kier molecular flexibility index (Phi) is 5.08. The van der Waals surface area contributed by atoms with Crippen LogP contribution >= 0.6 is 0 Å². The van der Waals surface area contributed by atoms with Gasteiger partial charge in [0.2, 0.25) is 0 Å². The van der Waals surface area contributed by atoms with Crippen LogP contribution in [0.2, 0.25) is 0 Å². The molecule has 2 aromatic carbocycles. The molecule has 1 N–H and O–H groups in total. The maximum absolute atomic E-state index is 11.8. The highest BCUT2D eigenvalue weighted by atomic mass is 17.0. The molecule has 0 unspecified atom stereocenters. The van der Waals surface area contributed by atoms with Crippen LogP contribution in [0.5, 0.6) is 0 Å². The van der Waals surface area contributed by atoms with E-state index < -0.39 is 11.1 Å². The summed E-state index contributed by atoms with van der Waals surface area (Å²) < 4.78 is 0. The van der Waals surface area contributed by atoms with Crippen molar-refractivity contribution >= 4 is 11.7 Å². The van der Waals surface area contributed by atoms with Crippen LogP contribution in [0.25, 0.3) is 0 Å². The molecular formula is C16H16N2O4. The minimum Gasteiger partial charge on any atom is -0.380 e. The van der Waals surface area contributed by atoms with Gasteiger partial charge in [0.15, 0.2) is 0 Å². The molecule has 0 saturated carbocycles. The van der Waals surface area contributed by atoms with Gasteiger partial charge in [-0.1, -0.05) is 43.3 Å². The van der Waals surface area contributed by atoms with Gasteiger partial charge >= 0.3 is 11.1 Å². The van der Waals surface area contributed by atoms with Crippen LogP contribution in [0.15, 0.2) is 48.5 Å². The minimum absolute atomic E-state index is 0.143. The number of nitrogens with one attached hydrogen (secondary N) is 1.